The molecule has 30 heavy (non-hydrogen) atoms. The fourth-order valence-electron chi connectivity index (χ4n) is 2.40. The topological polar surface area (TPSA) is 115 Å². The van der Waals surface area contributed by atoms with E-state index in [0.29, 0.717) is 5.76 Å². The second kappa shape index (κ2) is 9.33. The van der Waals surface area contributed by atoms with E-state index in [9.17, 15) is 22.4 Å². The van der Waals surface area contributed by atoms with Crippen molar-refractivity contribution < 1.29 is 31.6 Å². The Morgan fingerprint density at radius 3 is 2.40 bits per heavy atom. The molecule has 0 aliphatic carbocycles. The predicted molar refractivity (Wildman–Crippen MR) is 104 cm³/mol. The largest absolute Gasteiger partial charge is 0.468 e. The highest BCUT2D eigenvalue weighted by Crippen LogP contribution is 2.14. The molecular weight excluding hydrogens is 415 g/mol. The lowest BCUT2D eigenvalue weighted by atomic mass is 10.2. The number of hydrogen-bond donors (Lipinski definition) is 2. The number of esters is 1. The van der Waals surface area contributed by atoms with Crippen molar-refractivity contribution in [1.29, 1.82) is 0 Å². The summed E-state index contributed by atoms with van der Waals surface area (Å²) in [6.07, 6.45) is 1.43. The van der Waals surface area contributed by atoms with Crippen LogP contribution in [-0.2, 0) is 26.1 Å². The Labute approximate surface area is 171 Å². The van der Waals surface area contributed by atoms with Gasteiger partial charge in [0.1, 0.15) is 11.6 Å². The molecule has 1 heterocycles. The summed E-state index contributed by atoms with van der Waals surface area (Å²) >= 11 is 0. The Hall–Kier alpha value is -3.50. The summed E-state index contributed by atoms with van der Waals surface area (Å²) in [6.45, 7) is -0.645. The van der Waals surface area contributed by atoms with E-state index in [1.165, 1.54) is 48.7 Å². The number of nitrogens with one attached hydrogen (secondary N) is 2. The number of carbonyl (C=O) groups excluding carboxylic acids is 2. The van der Waals surface area contributed by atoms with Crippen LogP contribution in [-0.4, -0.2) is 26.9 Å². The van der Waals surface area contributed by atoms with E-state index in [4.69, 9.17) is 9.15 Å². The first-order valence-electron chi connectivity index (χ1n) is 8.69. The van der Waals surface area contributed by atoms with Crippen molar-refractivity contribution in [2.75, 3.05) is 11.9 Å². The first kappa shape index (κ1) is 21.2. The lowest BCUT2D eigenvalue weighted by Gasteiger charge is -2.08. The van der Waals surface area contributed by atoms with Gasteiger partial charge in [-0.15, -0.1) is 0 Å². The van der Waals surface area contributed by atoms with Crippen LogP contribution in [0.25, 0.3) is 0 Å². The fraction of sp³-hybridized carbons (Fsp3) is 0.100. The van der Waals surface area contributed by atoms with Crippen LogP contribution in [0.5, 0.6) is 0 Å². The lowest BCUT2D eigenvalue weighted by Crippen LogP contribution is -2.23. The third-order valence-corrected chi connectivity index (χ3v) is 5.32. The number of hydrogen-bond acceptors (Lipinski definition) is 6. The molecule has 3 rings (SSSR count). The summed E-state index contributed by atoms with van der Waals surface area (Å²) in [4.78, 5) is 23.8. The summed E-state index contributed by atoms with van der Waals surface area (Å²) in [5.41, 5.74) is 0.0221. The normalized spacial score (nSPS) is 11.1. The molecule has 0 saturated heterocycles. The van der Waals surface area contributed by atoms with E-state index in [-0.39, 0.29) is 22.7 Å². The zero-order valence-corrected chi connectivity index (χ0v) is 16.3. The number of ether oxygens (including phenoxy) is 1. The Morgan fingerprint density at radius 2 is 1.73 bits per heavy atom. The molecule has 0 atom stereocenters. The maximum absolute atomic E-state index is 13.5. The quantitative estimate of drug-likeness (QED) is 0.529. The third-order valence-electron chi connectivity index (χ3n) is 3.90. The van der Waals surface area contributed by atoms with Gasteiger partial charge >= 0.3 is 5.97 Å². The maximum Gasteiger partial charge on any atom is 0.338 e. The van der Waals surface area contributed by atoms with Gasteiger partial charge < -0.3 is 14.5 Å². The summed E-state index contributed by atoms with van der Waals surface area (Å²) < 4.78 is 50.4. The molecule has 0 unspecified atom stereocenters. The van der Waals surface area contributed by atoms with Crippen LogP contribution >= 0.6 is 0 Å². The minimum atomic E-state index is -3.80. The maximum atomic E-state index is 13.5. The van der Waals surface area contributed by atoms with E-state index < -0.39 is 34.3 Å². The number of amides is 1. The van der Waals surface area contributed by atoms with Gasteiger partial charge in [-0.05, 0) is 48.5 Å². The zero-order valence-electron chi connectivity index (χ0n) is 15.5. The summed E-state index contributed by atoms with van der Waals surface area (Å²) in [7, 11) is -3.80. The van der Waals surface area contributed by atoms with Crippen LogP contribution in [0.3, 0.4) is 0 Å². The number of benzene rings is 2. The SMILES string of the molecule is O=C(COC(=O)c1ccc(S(=O)(=O)NCc2ccco2)cc1)Nc1ccccc1F. The molecule has 0 spiro atoms. The van der Waals surface area contributed by atoms with Gasteiger partial charge in [-0.2, -0.15) is 0 Å². The number of rotatable bonds is 8. The van der Waals surface area contributed by atoms with E-state index >= 15 is 0 Å². The first-order valence-corrected chi connectivity index (χ1v) is 10.2. The number of anilines is 1. The van der Waals surface area contributed by atoms with Crippen molar-refractivity contribution in [2.24, 2.45) is 0 Å². The molecule has 2 aromatic carbocycles. The van der Waals surface area contributed by atoms with Gasteiger partial charge in [0.2, 0.25) is 10.0 Å². The van der Waals surface area contributed by atoms with Gasteiger partial charge in [-0.3, -0.25) is 4.79 Å². The van der Waals surface area contributed by atoms with Crippen molar-refractivity contribution in [1.82, 2.24) is 4.72 Å². The van der Waals surface area contributed by atoms with E-state index in [0.717, 1.165) is 0 Å². The number of sulfonamides is 1. The van der Waals surface area contributed by atoms with Gasteiger partial charge in [-0.1, -0.05) is 12.1 Å². The molecule has 0 aliphatic rings. The predicted octanol–water partition coefficient (Wildman–Crippen LogP) is 2.69. The average molecular weight is 432 g/mol. The number of para-hydroxylation sites is 1. The molecule has 0 fully saturated rings. The minimum absolute atomic E-state index is 0.0176. The Balaban J connectivity index is 1.54. The Morgan fingerprint density at radius 1 is 1.00 bits per heavy atom. The van der Waals surface area contributed by atoms with Crippen molar-refractivity contribution in [3.8, 4) is 0 Å². The lowest BCUT2D eigenvalue weighted by molar-refractivity contribution is -0.119. The monoisotopic (exact) mass is 432 g/mol. The van der Waals surface area contributed by atoms with Crippen LogP contribution in [0.4, 0.5) is 10.1 Å². The van der Waals surface area contributed by atoms with Crippen molar-refractivity contribution in [3.05, 3.63) is 84.1 Å². The van der Waals surface area contributed by atoms with Gasteiger partial charge in [0, 0.05) is 0 Å². The second-order valence-electron chi connectivity index (χ2n) is 6.03. The molecule has 1 aromatic heterocycles. The number of carbonyl (C=O) groups is 2. The second-order valence-corrected chi connectivity index (χ2v) is 7.80. The number of halogens is 1. The zero-order chi connectivity index (χ0) is 21.6. The van der Waals surface area contributed by atoms with E-state index in [1.54, 1.807) is 18.2 Å². The van der Waals surface area contributed by atoms with Crippen molar-refractivity contribution >= 4 is 27.6 Å². The third kappa shape index (κ3) is 5.52. The smallest absolute Gasteiger partial charge is 0.338 e. The van der Waals surface area contributed by atoms with Crippen molar-refractivity contribution in [2.45, 2.75) is 11.4 Å². The first-order chi connectivity index (χ1) is 14.3. The molecular formula is C20H17FN2O6S. The van der Waals surface area contributed by atoms with Gasteiger partial charge in [0.25, 0.3) is 5.91 Å². The molecule has 3 aromatic rings. The molecule has 0 saturated carbocycles. The Bertz CT molecular complexity index is 1130. The summed E-state index contributed by atoms with van der Waals surface area (Å²) in [5.74, 6) is -1.71. The van der Waals surface area contributed by atoms with Crippen LogP contribution in [0.15, 0.2) is 76.2 Å². The Kier molecular flexibility index (Phi) is 6.60. The highest BCUT2D eigenvalue weighted by atomic mass is 32.2. The summed E-state index contributed by atoms with van der Waals surface area (Å²) in [5, 5.41) is 2.29. The molecule has 8 nitrogen and oxygen atoms in total. The standard InChI is InChI=1S/C20H17FN2O6S/c21-17-5-1-2-6-18(17)23-19(24)13-29-20(25)14-7-9-16(10-8-14)30(26,27)22-12-15-4-3-11-28-15/h1-11,22H,12-13H2,(H,23,24). The summed E-state index contributed by atoms with van der Waals surface area (Å²) in [6, 6.07) is 13.8. The number of furan rings is 1. The minimum Gasteiger partial charge on any atom is -0.468 e. The molecule has 0 radical (unpaired) electrons. The van der Waals surface area contributed by atoms with Gasteiger partial charge in [-0.25, -0.2) is 22.3 Å². The molecule has 10 heteroatoms. The van der Waals surface area contributed by atoms with E-state index in [1.807, 2.05) is 0 Å². The molecule has 2 N–H and O–H groups in total. The molecule has 156 valence electrons. The van der Waals surface area contributed by atoms with E-state index in [2.05, 4.69) is 10.0 Å². The van der Waals surface area contributed by atoms with Crippen LogP contribution in [0.1, 0.15) is 16.1 Å². The highest BCUT2D eigenvalue weighted by Gasteiger charge is 2.16. The van der Waals surface area contributed by atoms with Crippen LogP contribution in [0, 0.1) is 5.82 Å². The fourth-order valence-corrected chi connectivity index (χ4v) is 3.39. The van der Waals surface area contributed by atoms with Gasteiger partial charge in [0.05, 0.1) is 29.0 Å². The highest BCUT2D eigenvalue weighted by molar-refractivity contribution is 7.89. The molecule has 1 amide bonds. The van der Waals surface area contributed by atoms with Crippen LogP contribution < -0.4 is 10.0 Å². The van der Waals surface area contributed by atoms with Crippen molar-refractivity contribution in [3.63, 3.8) is 0 Å². The molecule has 0 bridgehead atoms. The van der Waals surface area contributed by atoms with Crippen LogP contribution in [0.2, 0.25) is 0 Å². The molecule has 0 aliphatic heterocycles. The average Bonchev–Trinajstić information content (AvgIpc) is 3.26. The van der Waals surface area contributed by atoms with Gasteiger partial charge in [0.15, 0.2) is 6.61 Å².